The number of ether oxygens (including phenoxy) is 1. The molecule has 3 unspecified atom stereocenters. The van der Waals surface area contributed by atoms with Crippen LogP contribution in [0.25, 0.3) is 0 Å². The van der Waals surface area contributed by atoms with E-state index in [4.69, 9.17) is 0 Å². The lowest BCUT2D eigenvalue weighted by Gasteiger charge is -2.20. The quantitative estimate of drug-likeness (QED) is 0.623. The number of aliphatic hydroxyl groups is 1. The number of rotatable bonds is 7. The van der Waals surface area contributed by atoms with Gasteiger partial charge in [-0.1, -0.05) is 20.3 Å². The maximum atomic E-state index is 11.2. The molecule has 0 aromatic heterocycles. The van der Waals surface area contributed by atoms with Crippen molar-refractivity contribution in [1.82, 2.24) is 5.32 Å². The standard InChI is InChI=1S/C11H23NO3/c1-5-6-10(13)7-12-9(3)8(2)11(14)15-4/h8-10,12-13H,5-7H2,1-4H3. The Labute approximate surface area is 92.0 Å². The van der Waals surface area contributed by atoms with Crippen LogP contribution in [0, 0.1) is 5.92 Å². The molecule has 0 amide bonds. The second kappa shape index (κ2) is 7.65. The number of aliphatic hydroxyl groups excluding tert-OH is 1. The third-order valence-corrected chi connectivity index (χ3v) is 2.62. The van der Waals surface area contributed by atoms with Crippen molar-refractivity contribution in [3.63, 3.8) is 0 Å². The van der Waals surface area contributed by atoms with E-state index in [1.165, 1.54) is 7.11 Å². The molecular weight excluding hydrogens is 194 g/mol. The van der Waals surface area contributed by atoms with Gasteiger partial charge in [-0.15, -0.1) is 0 Å². The molecule has 90 valence electrons. The molecule has 0 saturated carbocycles. The molecule has 4 heteroatoms. The van der Waals surface area contributed by atoms with Gasteiger partial charge in [0.05, 0.1) is 19.1 Å². The molecular formula is C11H23NO3. The van der Waals surface area contributed by atoms with Gasteiger partial charge in [0, 0.05) is 12.6 Å². The molecule has 0 saturated heterocycles. The maximum absolute atomic E-state index is 11.2. The Kier molecular flexibility index (Phi) is 7.34. The summed E-state index contributed by atoms with van der Waals surface area (Å²) in [5.74, 6) is -0.413. The van der Waals surface area contributed by atoms with E-state index in [0.717, 1.165) is 12.8 Å². The van der Waals surface area contributed by atoms with Crippen LogP contribution in [0.15, 0.2) is 0 Å². The van der Waals surface area contributed by atoms with E-state index >= 15 is 0 Å². The van der Waals surface area contributed by atoms with Gasteiger partial charge in [-0.3, -0.25) is 4.79 Å². The minimum atomic E-state index is -0.331. The van der Waals surface area contributed by atoms with Gasteiger partial charge in [0.25, 0.3) is 0 Å². The Morgan fingerprint density at radius 1 is 1.47 bits per heavy atom. The Balaban J connectivity index is 3.82. The van der Waals surface area contributed by atoms with E-state index in [9.17, 15) is 9.90 Å². The highest BCUT2D eigenvalue weighted by Crippen LogP contribution is 2.05. The predicted octanol–water partition coefficient (Wildman–Crippen LogP) is 0.935. The first-order valence-electron chi connectivity index (χ1n) is 5.52. The zero-order valence-corrected chi connectivity index (χ0v) is 10.1. The molecule has 0 spiro atoms. The van der Waals surface area contributed by atoms with Crippen LogP contribution < -0.4 is 5.32 Å². The molecule has 3 atom stereocenters. The SMILES string of the molecule is CCCC(O)CNC(C)C(C)C(=O)OC. The number of carbonyl (C=O) groups is 1. The predicted molar refractivity (Wildman–Crippen MR) is 59.6 cm³/mol. The van der Waals surface area contributed by atoms with Crippen LogP contribution in [0.3, 0.4) is 0 Å². The van der Waals surface area contributed by atoms with Crippen molar-refractivity contribution in [2.45, 2.75) is 45.8 Å². The lowest BCUT2D eigenvalue weighted by Crippen LogP contribution is -2.40. The van der Waals surface area contributed by atoms with Crippen molar-refractivity contribution in [1.29, 1.82) is 0 Å². The van der Waals surface area contributed by atoms with Crippen molar-refractivity contribution in [3.8, 4) is 0 Å². The summed E-state index contributed by atoms with van der Waals surface area (Å²) < 4.78 is 4.65. The van der Waals surface area contributed by atoms with Crippen molar-refractivity contribution in [3.05, 3.63) is 0 Å². The molecule has 0 fully saturated rings. The molecule has 0 aromatic rings. The monoisotopic (exact) mass is 217 g/mol. The normalized spacial score (nSPS) is 16.9. The summed E-state index contributed by atoms with van der Waals surface area (Å²) in [5, 5.41) is 12.6. The summed E-state index contributed by atoms with van der Waals surface area (Å²) in [7, 11) is 1.39. The van der Waals surface area contributed by atoms with Crippen LogP contribution in [-0.4, -0.2) is 36.9 Å². The van der Waals surface area contributed by atoms with E-state index in [1.54, 1.807) is 0 Å². The molecule has 0 aliphatic rings. The fourth-order valence-corrected chi connectivity index (χ4v) is 1.32. The fraction of sp³-hybridized carbons (Fsp3) is 0.909. The number of esters is 1. The second-order valence-electron chi connectivity index (χ2n) is 3.95. The minimum Gasteiger partial charge on any atom is -0.469 e. The third kappa shape index (κ3) is 5.74. The van der Waals surface area contributed by atoms with Crippen LogP contribution in [-0.2, 0) is 9.53 Å². The number of carbonyl (C=O) groups excluding carboxylic acids is 1. The Morgan fingerprint density at radius 3 is 2.53 bits per heavy atom. The first-order chi connectivity index (χ1) is 7.02. The number of methoxy groups -OCH3 is 1. The average molecular weight is 217 g/mol. The van der Waals surface area contributed by atoms with Gasteiger partial charge in [0.15, 0.2) is 0 Å². The van der Waals surface area contributed by atoms with Crippen LogP contribution in [0.2, 0.25) is 0 Å². The third-order valence-electron chi connectivity index (χ3n) is 2.62. The number of hydrogen-bond acceptors (Lipinski definition) is 4. The Bertz CT molecular complexity index is 185. The number of hydrogen-bond donors (Lipinski definition) is 2. The summed E-state index contributed by atoms with van der Waals surface area (Å²) in [6, 6.07) is 0.0176. The Morgan fingerprint density at radius 2 is 2.07 bits per heavy atom. The molecule has 0 aliphatic heterocycles. The van der Waals surface area contributed by atoms with E-state index < -0.39 is 0 Å². The van der Waals surface area contributed by atoms with E-state index in [0.29, 0.717) is 6.54 Å². The first kappa shape index (κ1) is 14.4. The zero-order chi connectivity index (χ0) is 11.8. The smallest absolute Gasteiger partial charge is 0.309 e. The van der Waals surface area contributed by atoms with Crippen molar-refractivity contribution < 1.29 is 14.6 Å². The van der Waals surface area contributed by atoms with Gasteiger partial charge >= 0.3 is 5.97 Å². The molecule has 15 heavy (non-hydrogen) atoms. The molecule has 0 aliphatic carbocycles. The van der Waals surface area contributed by atoms with Gasteiger partial charge in [-0.2, -0.15) is 0 Å². The van der Waals surface area contributed by atoms with Crippen LogP contribution in [0.4, 0.5) is 0 Å². The summed E-state index contributed by atoms with van der Waals surface area (Å²) in [6.45, 7) is 6.29. The van der Waals surface area contributed by atoms with E-state index in [1.807, 2.05) is 20.8 Å². The topological polar surface area (TPSA) is 58.6 Å². The van der Waals surface area contributed by atoms with Crippen LogP contribution in [0.5, 0.6) is 0 Å². The molecule has 0 heterocycles. The van der Waals surface area contributed by atoms with Gasteiger partial charge in [-0.05, 0) is 13.3 Å². The molecule has 0 aromatic carbocycles. The summed E-state index contributed by atoms with van der Waals surface area (Å²) >= 11 is 0. The van der Waals surface area contributed by atoms with Crippen molar-refractivity contribution in [2.75, 3.05) is 13.7 Å². The highest BCUT2D eigenvalue weighted by atomic mass is 16.5. The lowest BCUT2D eigenvalue weighted by atomic mass is 10.0. The molecule has 0 bridgehead atoms. The number of nitrogens with one attached hydrogen (secondary N) is 1. The van der Waals surface area contributed by atoms with Gasteiger partial charge in [0.1, 0.15) is 0 Å². The van der Waals surface area contributed by atoms with Gasteiger partial charge < -0.3 is 15.2 Å². The first-order valence-corrected chi connectivity index (χ1v) is 5.52. The molecule has 0 rings (SSSR count). The summed E-state index contributed by atoms with van der Waals surface area (Å²) in [4.78, 5) is 11.2. The second-order valence-corrected chi connectivity index (χ2v) is 3.95. The highest BCUT2D eigenvalue weighted by Gasteiger charge is 2.20. The van der Waals surface area contributed by atoms with Crippen molar-refractivity contribution >= 4 is 5.97 Å². The maximum Gasteiger partial charge on any atom is 0.309 e. The van der Waals surface area contributed by atoms with Gasteiger partial charge in [-0.25, -0.2) is 0 Å². The largest absolute Gasteiger partial charge is 0.469 e. The molecule has 4 nitrogen and oxygen atoms in total. The van der Waals surface area contributed by atoms with E-state index in [2.05, 4.69) is 10.1 Å². The van der Waals surface area contributed by atoms with Crippen LogP contribution in [0.1, 0.15) is 33.6 Å². The molecule has 0 radical (unpaired) electrons. The lowest BCUT2D eigenvalue weighted by molar-refractivity contribution is -0.145. The summed E-state index contributed by atoms with van der Waals surface area (Å²) in [5.41, 5.74) is 0. The minimum absolute atomic E-state index is 0.0176. The Hall–Kier alpha value is -0.610. The molecule has 2 N–H and O–H groups in total. The van der Waals surface area contributed by atoms with Crippen LogP contribution >= 0.6 is 0 Å². The van der Waals surface area contributed by atoms with E-state index in [-0.39, 0.29) is 24.0 Å². The zero-order valence-electron chi connectivity index (χ0n) is 10.1. The van der Waals surface area contributed by atoms with Crippen molar-refractivity contribution in [2.24, 2.45) is 5.92 Å². The highest BCUT2D eigenvalue weighted by molar-refractivity contribution is 5.72. The fourth-order valence-electron chi connectivity index (χ4n) is 1.32. The summed E-state index contributed by atoms with van der Waals surface area (Å²) in [6.07, 6.45) is 1.41. The van der Waals surface area contributed by atoms with Gasteiger partial charge in [0.2, 0.25) is 0 Å². The average Bonchev–Trinajstić information content (AvgIpc) is 2.24.